The van der Waals surface area contributed by atoms with Crippen LogP contribution in [-0.4, -0.2) is 51.3 Å². The van der Waals surface area contributed by atoms with Crippen LogP contribution in [0.1, 0.15) is 20.8 Å². The van der Waals surface area contributed by atoms with E-state index in [0.29, 0.717) is 0 Å². The molecule has 1 aliphatic heterocycles. The summed E-state index contributed by atoms with van der Waals surface area (Å²) in [5, 5.41) is 0. The molecule has 1 aromatic carbocycles. The second kappa shape index (κ2) is 6.37. The molecular weight excluding hydrogens is 320 g/mol. The van der Waals surface area contributed by atoms with Gasteiger partial charge in [-0.05, 0) is 32.9 Å². The Bertz CT molecular complexity index is 675. The van der Waals surface area contributed by atoms with E-state index < -0.39 is 21.7 Å². The number of nitrogens with zero attached hydrogens (tertiary/aromatic N) is 1. The zero-order valence-electron chi connectivity index (χ0n) is 13.7. The molecule has 128 valence electrons. The third kappa shape index (κ3) is 4.35. The molecule has 0 bridgehead atoms. The van der Waals surface area contributed by atoms with Crippen LogP contribution in [0.3, 0.4) is 0 Å². The van der Waals surface area contributed by atoms with Crippen LogP contribution < -0.4 is 9.46 Å². The number of rotatable bonds is 4. The first-order chi connectivity index (χ1) is 10.6. The van der Waals surface area contributed by atoms with Gasteiger partial charge in [-0.15, -0.1) is 0 Å². The molecule has 2 rings (SSSR count). The summed E-state index contributed by atoms with van der Waals surface area (Å²) in [5.41, 5.74) is -0.570. The first-order valence-electron chi connectivity index (χ1n) is 7.25. The quantitative estimate of drug-likeness (QED) is 0.898. The minimum absolute atomic E-state index is 0.0817. The fourth-order valence-corrected chi connectivity index (χ4v) is 3.54. The van der Waals surface area contributed by atoms with Gasteiger partial charge < -0.3 is 14.4 Å². The molecule has 23 heavy (non-hydrogen) atoms. The predicted molar refractivity (Wildman–Crippen MR) is 84.9 cm³/mol. The molecule has 0 aromatic heterocycles. The van der Waals surface area contributed by atoms with E-state index in [1.807, 2.05) is 0 Å². The fourth-order valence-electron chi connectivity index (χ4n) is 2.15. The minimum atomic E-state index is -3.70. The standard InChI is InChI=1S/C15H22N2O5S/c1-15(2,3)22-14(18)17-9-11(10-17)16-23(19,20)13-8-6-5-7-12(13)21-4/h5-8,11,16H,9-10H2,1-4H3. The number of carbonyl (C=O) groups is 1. The van der Waals surface area contributed by atoms with Gasteiger partial charge in [0, 0.05) is 13.1 Å². The number of sulfonamides is 1. The Balaban J connectivity index is 1.96. The topological polar surface area (TPSA) is 84.9 Å². The lowest BCUT2D eigenvalue weighted by Gasteiger charge is -2.39. The van der Waals surface area contributed by atoms with E-state index in [0.717, 1.165) is 0 Å². The summed E-state index contributed by atoms with van der Waals surface area (Å²) in [6.07, 6.45) is -0.440. The van der Waals surface area contributed by atoms with Gasteiger partial charge in [0.05, 0.1) is 13.2 Å². The number of methoxy groups -OCH3 is 1. The van der Waals surface area contributed by atoms with Crippen molar-refractivity contribution >= 4 is 16.1 Å². The average Bonchev–Trinajstić information content (AvgIpc) is 2.40. The predicted octanol–water partition coefficient (Wildman–Crippen LogP) is 1.59. The molecule has 0 spiro atoms. The molecule has 0 aliphatic carbocycles. The Kier molecular flexibility index (Phi) is 4.86. The van der Waals surface area contributed by atoms with Gasteiger partial charge in [0.2, 0.25) is 10.0 Å². The number of carbonyl (C=O) groups excluding carboxylic acids is 1. The number of benzene rings is 1. The Morgan fingerprint density at radius 1 is 1.26 bits per heavy atom. The molecule has 1 N–H and O–H groups in total. The highest BCUT2D eigenvalue weighted by atomic mass is 32.2. The van der Waals surface area contributed by atoms with E-state index >= 15 is 0 Å². The number of para-hydroxylation sites is 1. The summed E-state index contributed by atoms with van der Waals surface area (Å²) >= 11 is 0. The van der Waals surface area contributed by atoms with Crippen molar-refractivity contribution in [3.05, 3.63) is 24.3 Å². The molecule has 1 aliphatic rings. The molecule has 0 saturated carbocycles. The lowest BCUT2D eigenvalue weighted by atomic mass is 10.1. The van der Waals surface area contributed by atoms with Crippen molar-refractivity contribution in [2.45, 2.75) is 37.3 Å². The van der Waals surface area contributed by atoms with Crippen LogP contribution >= 0.6 is 0 Å². The zero-order valence-corrected chi connectivity index (χ0v) is 14.5. The summed E-state index contributed by atoms with van der Waals surface area (Å²) in [5.74, 6) is 0.281. The maximum absolute atomic E-state index is 12.4. The van der Waals surface area contributed by atoms with Crippen molar-refractivity contribution < 1.29 is 22.7 Å². The molecule has 8 heteroatoms. The van der Waals surface area contributed by atoms with Crippen LogP contribution in [0.25, 0.3) is 0 Å². The lowest BCUT2D eigenvalue weighted by molar-refractivity contribution is 0.00737. The lowest BCUT2D eigenvalue weighted by Crippen LogP contribution is -2.61. The van der Waals surface area contributed by atoms with Crippen LogP contribution in [0.2, 0.25) is 0 Å². The summed E-state index contributed by atoms with van der Waals surface area (Å²) in [6.45, 7) is 5.91. The third-order valence-electron chi connectivity index (χ3n) is 3.21. The van der Waals surface area contributed by atoms with Gasteiger partial charge in [0.15, 0.2) is 0 Å². The van der Waals surface area contributed by atoms with Gasteiger partial charge >= 0.3 is 6.09 Å². The number of hydrogen-bond donors (Lipinski definition) is 1. The Hall–Kier alpha value is -1.80. The van der Waals surface area contributed by atoms with E-state index in [2.05, 4.69) is 4.72 Å². The van der Waals surface area contributed by atoms with Crippen molar-refractivity contribution in [1.29, 1.82) is 0 Å². The van der Waals surface area contributed by atoms with Gasteiger partial charge in [0.25, 0.3) is 0 Å². The van der Waals surface area contributed by atoms with Crippen LogP contribution in [0, 0.1) is 0 Å². The van der Waals surface area contributed by atoms with E-state index in [-0.39, 0.29) is 29.8 Å². The first-order valence-corrected chi connectivity index (χ1v) is 8.74. The maximum Gasteiger partial charge on any atom is 0.410 e. The van der Waals surface area contributed by atoms with E-state index in [4.69, 9.17) is 9.47 Å². The van der Waals surface area contributed by atoms with Crippen LogP contribution in [-0.2, 0) is 14.8 Å². The zero-order chi connectivity index (χ0) is 17.3. The molecule has 0 radical (unpaired) electrons. The van der Waals surface area contributed by atoms with E-state index in [1.165, 1.54) is 18.1 Å². The third-order valence-corrected chi connectivity index (χ3v) is 4.77. The van der Waals surface area contributed by atoms with E-state index in [1.54, 1.807) is 39.0 Å². The van der Waals surface area contributed by atoms with Crippen molar-refractivity contribution in [3.63, 3.8) is 0 Å². The molecule has 0 unspecified atom stereocenters. The van der Waals surface area contributed by atoms with Crippen LogP contribution in [0.15, 0.2) is 29.2 Å². The first kappa shape index (κ1) is 17.6. The Morgan fingerprint density at radius 2 is 1.87 bits per heavy atom. The van der Waals surface area contributed by atoms with Gasteiger partial charge in [-0.2, -0.15) is 0 Å². The molecule has 1 saturated heterocycles. The van der Waals surface area contributed by atoms with Gasteiger partial charge in [-0.1, -0.05) is 12.1 Å². The Labute approximate surface area is 136 Å². The van der Waals surface area contributed by atoms with Gasteiger partial charge in [-0.3, -0.25) is 0 Å². The number of hydrogen-bond acceptors (Lipinski definition) is 5. The largest absolute Gasteiger partial charge is 0.495 e. The molecule has 1 aromatic rings. The molecule has 7 nitrogen and oxygen atoms in total. The maximum atomic E-state index is 12.4. The smallest absolute Gasteiger partial charge is 0.410 e. The van der Waals surface area contributed by atoms with Crippen LogP contribution in [0.5, 0.6) is 5.75 Å². The molecule has 1 heterocycles. The van der Waals surface area contributed by atoms with Crippen LogP contribution in [0.4, 0.5) is 4.79 Å². The molecule has 1 amide bonds. The number of amides is 1. The molecular formula is C15H22N2O5S. The van der Waals surface area contributed by atoms with Crippen molar-refractivity contribution in [1.82, 2.24) is 9.62 Å². The molecule has 1 fully saturated rings. The van der Waals surface area contributed by atoms with Crippen molar-refractivity contribution in [3.8, 4) is 5.75 Å². The normalized spacial score (nSPS) is 15.9. The van der Waals surface area contributed by atoms with Crippen molar-refractivity contribution in [2.24, 2.45) is 0 Å². The van der Waals surface area contributed by atoms with Crippen molar-refractivity contribution in [2.75, 3.05) is 20.2 Å². The van der Waals surface area contributed by atoms with Gasteiger partial charge in [0.1, 0.15) is 16.2 Å². The monoisotopic (exact) mass is 342 g/mol. The highest BCUT2D eigenvalue weighted by molar-refractivity contribution is 7.89. The molecule has 0 atom stereocenters. The minimum Gasteiger partial charge on any atom is -0.495 e. The van der Waals surface area contributed by atoms with Gasteiger partial charge in [-0.25, -0.2) is 17.9 Å². The fraction of sp³-hybridized carbons (Fsp3) is 0.533. The summed E-state index contributed by atoms with van der Waals surface area (Å²) in [6, 6.07) is 6.06. The average molecular weight is 342 g/mol. The highest BCUT2D eigenvalue weighted by Gasteiger charge is 2.36. The second-order valence-electron chi connectivity index (χ2n) is 6.35. The summed E-state index contributed by atoms with van der Waals surface area (Å²) in [4.78, 5) is 13.4. The number of nitrogens with one attached hydrogen (secondary N) is 1. The SMILES string of the molecule is COc1ccccc1S(=O)(=O)NC1CN(C(=O)OC(C)(C)C)C1. The Morgan fingerprint density at radius 3 is 2.43 bits per heavy atom. The number of ether oxygens (including phenoxy) is 2. The summed E-state index contributed by atoms with van der Waals surface area (Å²) in [7, 11) is -2.28. The highest BCUT2D eigenvalue weighted by Crippen LogP contribution is 2.24. The summed E-state index contributed by atoms with van der Waals surface area (Å²) < 4.78 is 37.7. The van der Waals surface area contributed by atoms with E-state index in [9.17, 15) is 13.2 Å². The number of likely N-dealkylation sites (tertiary alicyclic amines) is 1. The second-order valence-corrected chi connectivity index (χ2v) is 8.04.